The minimum Gasteiger partial charge on any atom is -0.478 e. The third kappa shape index (κ3) is 8.56. The number of aliphatic hydroxyl groups is 2. The molecule has 8 fully saturated rings. The summed E-state index contributed by atoms with van der Waals surface area (Å²) in [4.78, 5) is 49.0. The maximum atomic E-state index is 13.3. The molecule has 10 rings (SSSR count). The van der Waals surface area contributed by atoms with Gasteiger partial charge in [-0.25, -0.2) is 9.59 Å². The first-order chi connectivity index (χ1) is 30.1. The van der Waals surface area contributed by atoms with Gasteiger partial charge in [-0.1, -0.05) is 42.5 Å². The Labute approximate surface area is 394 Å². The van der Waals surface area contributed by atoms with Crippen molar-refractivity contribution in [1.29, 1.82) is 0 Å². The van der Waals surface area contributed by atoms with Crippen LogP contribution in [0.5, 0.6) is 0 Å². The minimum atomic E-state index is -1.01. The van der Waals surface area contributed by atoms with Crippen LogP contribution in [-0.4, -0.2) is 74.7 Å². The van der Waals surface area contributed by atoms with Crippen molar-refractivity contribution in [3.8, 4) is 0 Å². The highest BCUT2D eigenvalue weighted by Gasteiger charge is 2.63. The van der Waals surface area contributed by atoms with Gasteiger partial charge in [-0.15, -0.1) is 0 Å². The molecule has 4 N–H and O–H groups in total. The molecule has 12 heteroatoms. The van der Waals surface area contributed by atoms with Crippen LogP contribution in [0.3, 0.4) is 0 Å². The fourth-order valence-corrected chi connectivity index (χ4v) is 17.6. The average Bonchev–Trinajstić information content (AvgIpc) is 4.04. The van der Waals surface area contributed by atoms with Crippen LogP contribution in [-0.2, 0) is 22.7 Å². The molecule has 0 saturated heterocycles. The van der Waals surface area contributed by atoms with E-state index in [1.165, 1.54) is 72.7 Å². The lowest BCUT2D eigenvalue weighted by atomic mass is 9.44. The summed E-state index contributed by atoms with van der Waals surface area (Å²) < 4.78 is 2.99. The summed E-state index contributed by atoms with van der Waals surface area (Å²) in [6, 6.07) is 0. The summed E-state index contributed by atoms with van der Waals surface area (Å²) >= 11 is 0. The monoisotopic (exact) mass is 917 g/mol. The Kier molecular flexibility index (Phi) is 13.7. The molecule has 0 bridgehead atoms. The van der Waals surface area contributed by atoms with Crippen molar-refractivity contribution < 1.29 is 39.6 Å². The van der Waals surface area contributed by atoms with Gasteiger partial charge in [0.25, 0.3) is 0 Å². The lowest BCUT2D eigenvalue weighted by molar-refractivity contribution is -0.151. The zero-order valence-electron chi connectivity index (χ0n) is 39.4. The van der Waals surface area contributed by atoms with Crippen LogP contribution < -0.4 is 0 Å². The Bertz CT molecular complexity index is 1990. The van der Waals surface area contributed by atoms with Crippen LogP contribution in [0.1, 0.15) is 193 Å². The van der Waals surface area contributed by atoms with Gasteiger partial charge in [-0.3, -0.25) is 19.0 Å². The van der Waals surface area contributed by atoms with Crippen molar-refractivity contribution in [2.24, 2.45) is 80.8 Å². The topological polar surface area (TPSA) is 185 Å². The predicted octanol–water partition coefficient (Wildman–Crippen LogP) is 10.4. The molecule has 2 aromatic heterocycles. The standard InChI is InChI=1S/2C26H38N2O4.2CH4/c2*1-24(32)10-11-25(2)17(12-24)4-5-18-19-6-7-21(26(19,3)9-8-20(18)25)22(29)15-28-14-16(13-27-28)23(30)31;;/h2*13-14,17-21,32H,4-12,15H2,1-3H3,(H,30,31);2*1H4/t2*17-,18+,19+,20+,21-,24-,25+,26+;;/m11../s1. The molecule has 8 aliphatic carbocycles. The highest BCUT2D eigenvalue weighted by atomic mass is 16.4. The maximum Gasteiger partial charge on any atom is 0.338 e. The fraction of sp³-hybridized carbons (Fsp3) is 0.815. The van der Waals surface area contributed by atoms with E-state index in [9.17, 15) is 29.4 Å². The van der Waals surface area contributed by atoms with Gasteiger partial charge in [0.15, 0.2) is 11.6 Å². The van der Waals surface area contributed by atoms with E-state index in [2.05, 4.69) is 37.9 Å². The number of hydrogen-bond donors (Lipinski definition) is 4. The molecule has 2 aromatic rings. The van der Waals surface area contributed by atoms with Crippen LogP contribution in [0.4, 0.5) is 0 Å². The molecule has 0 aliphatic heterocycles. The largest absolute Gasteiger partial charge is 0.478 e. The number of rotatable bonds is 8. The van der Waals surface area contributed by atoms with Gasteiger partial charge in [-0.05, 0) is 198 Å². The molecule has 368 valence electrons. The molecule has 12 nitrogen and oxygen atoms in total. The number of hydrogen-bond acceptors (Lipinski definition) is 8. The SMILES string of the molecule is C.C.C[C@@]1(O)CC[C@@]2(C)[C@H](CC[C@@H]3[C@@H]2CC[C@]2(C)[C@@H](C(=O)Cn4cc(C(=O)O)cn4)CC[C@@H]32)C1.C[C@@]1(O)CC[C@@]2(C)[C@H](CC[C@@H]3[C@@H]2CC[C@]2(C)[C@@H](C(=O)Cn4cc(C(=O)O)cn4)CC[C@@H]32)C1. The zero-order chi connectivity index (χ0) is 45.8. The van der Waals surface area contributed by atoms with Gasteiger partial charge < -0.3 is 20.4 Å². The summed E-state index contributed by atoms with van der Waals surface area (Å²) in [7, 11) is 0. The number of carboxylic acids is 2. The minimum absolute atomic E-state index is 0. The van der Waals surface area contributed by atoms with Crippen LogP contribution in [0.25, 0.3) is 0 Å². The molecule has 16 atom stereocenters. The third-order valence-electron chi connectivity index (χ3n) is 21.1. The second-order valence-electron chi connectivity index (χ2n) is 24.5. The Morgan fingerprint density at radius 3 is 1.23 bits per heavy atom. The predicted molar refractivity (Wildman–Crippen MR) is 254 cm³/mol. The Hall–Kier alpha value is -3.38. The Morgan fingerprint density at radius 1 is 0.515 bits per heavy atom. The molecular formula is C54H84N4O8. The van der Waals surface area contributed by atoms with Crippen molar-refractivity contribution in [1.82, 2.24) is 19.6 Å². The van der Waals surface area contributed by atoms with Gasteiger partial charge in [0.2, 0.25) is 0 Å². The first-order valence-corrected chi connectivity index (χ1v) is 25.1. The number of fused-ring (bicyclic) bond motifs is 10. The highest BCUT2D eigenvalue weighted by Crippen LogP contribution is 2.70. The molecule has 0 spiro atoms. The number of aromatic carboxylic acids is 2. The van der Waals surface area contributed by atoms with Gasteiger partial charge in [0.05, 0.1) is 47.8 Å². The van der Waals surface area contributed by atoms with E-state index in [0.717, 1.165) is 77.0 Å². The van der Waals surface area contributed by atoms with Gasteiger partial charge in [0.1, 0.15) is 0 Å². The first kappa shape index (κ1) is 50.5. The van der Waals surface area contributed by atoms with Crippen LogP contribution in [0, 0.1) is 80.8 Å². The van der Waals surface area contributed by atoms with Crippen molar-refractivity contribution in [2.45, 2.75) is 196 Å². The number of ketones is 2. The first-order valence-electron chi connectivity index (χ1n) is 25.1. The normalized spacial score (nSPS) is 44.2. The van der Waals surface area contributed by atoms with E-state index in [-0.39, 0.29) is 73.3 Å². The number of carbonyl (C=O) groups excluding carboxylic acids is 2. The highest BCUT2D eigenvalue weighted by molar-refractivity contribution is 5.88. The molecule has 8 saturated carbocycles. The van der Waals surface area contributed by atoms with E-state index in [4.69, 9.17) is 10.2 Å². The Balaban J connectivity index is 0.000000191. The number of aromatic nitrogens is 4. The molecule has 0 amide bonds. The average molecular weight is 917 g/mol. The summed E-state index contributed by atoms with van der Waals surface area (Å²) in [5.41, 5.74) is 0.00846. The number of carboxylic acid groups (broad SMARTS) is 2. The number of nitrogens with zero attached hydrogens (tertiary/aromatic N) is 4. The Morgan fingerprint density at radius 2 is 0.879 bits per heavy atom. The molecule has 0 unspecified atom stereocenters. The summed E-state index contributed by atoms with van der Waals surface area (Å²) in [6.07, 6.45) is 25.2. The van der Waals surface area contributed by atoms with E-state index < -0.39 is 23.1 Å². The molecule has 0 aromatic carbocycles. The fourth-order valence-electron chi connectivity index (χ4n) is 17.6. The van der Waals surface area contributed by atoms with E-state index in [1.54, 1.807) is 0 Å². The van der Waals surface area contributed by atoms with E-state index >= 15 is 0 Å². The van der Waals surface area contributed by atoms with Gasteiger partial charge >= 0.3 is 11.9 Å². The van der Waals surface area contributed by atoms with E-state index in [0.29, 0.717) is 58.2 Å². The van der Waals surface area contributed by atoms with Gasteiger partial charge in [0, 0.05) is 24.2 Å². The van der Waals surface area contributed by atoms with Crippen molar-refractivity contribution >= 4 is 23.5 Å². The third-order valence-corrected chi connectivity index (χ3v) is 21.1. The summed E-state index contributed by atoms with van der Waals surface area (Å²) in [5.74, 6) is 3.76. The van der Waals surface area contributed by atoms with Crippen LogP contribution in [0.2, 0.25) is 0 Å². The van der Waals surface area contributed by atoms with Crippen LogP contribution >= 0.6 is 0 Å². The second-order valence-corrected chi connectivity index (χ2v) is 24.5. The van der Waals surface area contributed by atoms with Crippen LogP contribution in [0.15, 0.2) is 24.8 Å². The summed E-state index contributed by atoms with van der Waals surface area (Å²) in [6.45, 7) is 14.1. The smallest absolute Gasteiger partial charge is 0.338 e. The van der Waals surface area contributed by atoms with Crippen molar-refractivity contribution in [3.05, 3.63) is 35.9 Å². The second kappa shape index (κ2) is 17.9. The number of Topliss-reactive ketones (excluding diaryl/α,β-unsaturated/α-hetero) is 2. The van der Waals surface area contributed by atoms with E-state index in [1.807, 2.05) is 13.8 Å². The molecule has 8 aliphatic rings. The molecule has 2 heterocycles. The zero-order valence-corrected chi connectivity index (χ0v) is 39.4. The lowest BCUT2D eigenvalue weighted by Crippen LogP contribution is -2.55. The van der Waals surface area contributed by atoms with Gasteiger partial charge in [-0.2, -0.15) is 10.2 Å². The number of carbonyl (C=O) groups is 4. The quantitative estimate of drug-likeness (QED) is 0.199. The molecular weight excluding hydrogens is 833 g/mol. The maximum absolute atomic E-state index is 13.3. The van der Waals surface area contributed by atoms with Crippen molar-refractivity contribution in [3.63, 3.8) is 0 Å². The molecule has 66 heavy (non-hydrogen) atoms. The lowest BCUT2D eigenvalue weighted by Gasteiger charge is -2.61. The molecule has 0 radical (unpaired) electrons. The van der Waals surface area contributed by atoms with Crippen molar-refractivity contribution in [2.75, 3.05) is 0 Å². The summed E-state index contributed by atoms with van der Waals surface area (Å²) in [5, 5.41) is 47.8.